The fourth-order valence-electron chi connectivity index (χ4n) is 3.20. The predicted octanol–water partition coefficient (Wildman–Crippen LogP) is 3.74. The highest BCUT2D eigenvalue weighted by atomic mass is 19.1. The van der Waals surface area contributed by atoms with Crippen molar-refractivity contribution in [3.05, 3.63) is 62.4 Å². The number of nitrogens with zero attached hydrogens (tertiary/aromatic N) is 2. The van der Waals surface area contributed by atoms with Crippen LogP contribution in [-0.4, -0.2) is 15.5 Å². The lowest BCUT2D eigenvalue weighted by atomic mass is 9.98. The summed E-state index contributed by atoms with van der Waals surface area (Å²) >= 11 is 0. The summed E-state index contributed by atoms with van der Waals surface area (Å²) in [6.45, 7) is 6.34. The summed E-state index contributed by atoms with van der Waals surface area (Å²) in [6, 6.07) is 5.22. The van der Waals surface area contributed by atoms with E-state index in [1.54, 1.807) is 26.8 Å². The number of furan rings is 1. The summed E-state index contributed by atoms with van der Waals surface area (Å²) in [4.78, 5) is 25.6. The normalized spacial score (nSPS) is 11.1. The maximum absolute atomic E-state index is 13.5. The Bertz CT molecular complexity index is 1200. The van der Waals surface area contributed by atoms with Crippen molar-refractivity contribution in [1.29, 1.82) is 5.26 Å². The zero-order valence-corrected chi connectivity index (χ0v) is 15.3. The summed E-state index contributed by atoms with van der Waals surface area (Å²) in [7, 11) is 0. The molecule has 138 valence electrons. The van der Waals surface area contributed by atoms with Gasteiger partial charge in [0.15, 0.2) is 5.76 Å². The van der Waals surface area contributed by atoms with E-state index in [4.69, 9.17) is 4.42 Å². The molecule has 3 rings (SSSR count). The Morgan fingerprint density at radius 3 is 2.56 bits per heavy atom. The van der Waals surface area contributed by atoms with Crippen LogP contribution in [0.25, 0.3) is 11.0 Å². The Morgan fingerprint density at radius 2 is 1.96 bits per heavy atom. The third-order valence-electron chi connectivity index (χ3n) is 4.59. The third kappa shape index (κ3) is 2.70. The van der Waals surface area contributed by atoms with Crippen molar-refractivity contribution in [2.45, 2.75) is 33.7 Å². The number of aryl methyl sites for hydroxylation is 1. The summed E-state index contributed by atoms with van der Waals surface area (Å²) in [5, 5.41) is 20.4. The molecule has 0 aliphatic heterocycles. The fourth-order valence-corrected chi connectivity index (χ4v) is 3.20. The van der Waals surface area contributed by atoms with Crippen molar-refractivity contribution < 1.29 is 18.7 Å². The molecule has 0 atom stereocenters. The molecule has 0 radical (unpaired) electrons. The predicted molar refractivity (Wildman–Crippen MR) is 96.5 cm³/mol. The standard InChI is InChI=1S/C20H17FN2O4/c1-9(2)23-19(25)14(8-22)10(3)16(20(23)26)17(24)18-11(4)13-7-12(21)5-6-15(13)27-18/h5-7,9,26H,1-4H3. The Hall–Kier alpha value is -3.40. The second-order valence-electron chi connectivity index (χ2n) is 6.61. The van der Waals surface area contributed by atoms with E-state index in [0.717, 1.165) is 4.57 Å². The number of benzene rings is 1. The lowest BCUT2D eigenvalue weighted by molar-refractivity contribution is 0.100. The van der Waals surface area contributed by atoms with Crippen molar-refractivity contribution in [2.75, 3.05) is 0 Å². The first kappa shape index (κ1) is 18.4. The number of rotatable bonds is 3. The minimum atomic E-state index is -0.676. The molecule has 2 aromatic heterocycles. The topological polar surface area (TPSA) is 96.2 Å². The number of hydrogen-bond donors (Lipinski definition) is 1. The number of halogens is 1. The van der Waals surface area contributed by atoms with Crippen LogP contribution in [0.4, 0.5) is 4.39 Å². The highest BCUT2D eigenvalue weighted by Gasteiger charge is 2.29. The second-order valence-corrected chi connectivity index (χ2v) is 6.61. The van der Waals surface area contributed by atoms with E-state index in [1.807, 2.05) is 0 Å². The van der Waals surface area contributed by atoms with Gasteiger partial charge in [-0.25, -0.2) is 4.39 Å². The van der Waals surface area contributed by atoms with E-state index in [9.17, 15) is 24.3 Å². The molecule has 27 heavy (non-hydrogen) atoms. The molecule has 0 aliphatic carbocycles. The van der Waals surface area contributed by atoms with Gasteiger partial charge in [-0.1, -0.05) is 0 Å². The lowest BCUT2D eigenvalue weighted by Gasteiger charge is -2.17. The van der Waals surface area contributed by atoms with E-state index < -0.39 is 29.1 Å². The van der Waals surface area contributed by atoms with Crippen LogP contribution in [0.1, 0.15) is 52.7 Å². The van der Waals surface area contributed by atoms with Gasteiger partial charge in [-0.2, -0.15) is 5.26 Å². The van der Waals surface area contributed by atoms with Crippen LogP contribution in [0.3, 0.4) is 0 Å². The Morgan fingerprint density at radius 1 is 1.30 bits per heavy atom. The number of carbonyl (C=O) groups excluding carboxylic acids is 1. The number of nitriles is 1. The highest BCUT2D eigenvalue weighted by molar-refractivity contribution is 6.12. The van der Waals surface area contributed by atoms with Gasteiger partial charge in [0.05, 0.1) is 5.56 Å². The first-order valence-corrected chi connectivity index (χ1v) is 8.30. The van der Waals surface area contributed by atoms with Gasteiger partial charge < -0.3 is 9.52 Å². The van der Waals surface area contributed by atoms with Crippen LogP contribution in [-0.2, 0) is 0 Å². The Kier molecular flexibility index (Phi) is 4.36. The molecule has 0 aliphatic rings. The van der Waals surface area contributed by atoms with Gasteiger partial charge in [0.2, 0.25) is 11.7 Å². The smallest absolute Gasteiger partial charge is 0.271 e. The number of fused-ring (bicyclic) bond motifs is 1. The monoisotopic (exact) mass is 368 g/mol. The summed E-state index contributed by atoms with van der Waals surface area (Å²) in [5.74, 6) is -1.75. The van der Waals surface area contributed by atoms with Crippen LogP contribution in [0, 0.1) is 31.0 Å². The molecule has 7 heteroatoms. The van der Waals surface area contributed by atoms with Crippen molar-refractivity contribution in [3.63, 3.8) is 0 Å². The summed E-state index contributed by atoms with van der Waals surface area (Å²) < 4.78 is 20.1. The molecule has 0 amide bonds. The largest absolute Gasteiger partial charge is 0.494 e. The van der Waals surface area contributed by atoms with Gasteiger partial charge in [0.1, 0.15) is 23.0 Å². The molecular formula is C20H17FN2O4. The summed E-state index contributed by atoms with van der Waals surface area (Å²) in [6.07, 6.45) is 0. The van der Waals surface area contributed by atoms with Crippen LogP contribution >= 0.6 is 0 Å². The molecule has 0 spiro atoms. The first-order valence-electron chi connectivity index (χ1n) is 8.30. The van der Waals surface area contributed by atoms with Gasteiger partial charge >= 0.3 is 0 Å². The van der Waals surface area contributed by atoms with Crippen LogP contribution in [0.2, 0.25) is 0 Å². The summed E-state index contributed by atoms with van der Waals surface area (Å²) in [5.41, 5.74) is -0.247. The van der Waals surface area contributed by atoms with Gasteiger partial charge in [-0.05, 0) is 51.5 Å². The van der Waals surface area contributed by atoms with Crippen molar-refractivity contribution in [1.82, 2.24) is 4.57 Å². The van der Waals surface area contributed by atoms with Crippen molar-refractivity contribution >= 4 is 16.8 Å². The average molecular weight is 368 g/mol. The number of carbonyl (C=O) groups is 1. The van der Waals surface area contributed by atoms with Gasteiger partial charge in [-0.15, -0.1) is 0 Å². The molecule has 1 N–H and O–H groups in total. The second kappa shape index (κ2) is 6.40. The van der Waals surface area contributed by atoms with Gasteiger partial charge in [0, 0.05) is 17.0 Å². The highest BCUT2D eigenvalue weighted by Crippen LogP contribution is 2.32. The number of ketones is 1. The molecule has 0 fully saturated rings. The molecule has 3 aromatic rings. The zero-order valence-electron chi connectivity index (χ0n) is 15.3. The number of hydrogen-bond acceptors (Lipinski definition) is 5. The lowest BCUT2D eigenvalue weighted by Crippen LogP contribution is -2.28. The first-order chi connectivity index (χ1) is 12.7. The van der Waals surface area contributed by atoms with E-state index in [2.05, 4.69) is 0 Å². The number of aromatic hydroxyl groups is 1. The Balaban J connectivity index is 2.33. The van der Waals surface area contributed by atoms with Crippen molar-refractivity contribution in [3.8, 4) is 11.9 Å². The number of pyridine rings is 1. The van der Waals surface area contributed by atoms with Crippen molar-refractivity contribution in [2.24, 2.45) is 0 Å². The SMILES string of the molecule is Cc1c(C(=O)c2oc3ccc(F)cc3c2C)c(O)n(C(C)C)c(=O)c1C#N. The van der Waals surface area contributed by atoms with Crippen LogP contribution in [0.15, 0.2) is 27.4 Å². The minimum absolute atomic E-state index is 0.0768. The third-order valence-corrected chi connectivity index (χ3v) is 4.59. The quantitative estimate of drug-likeness (QED) is 0.711. The van der Waals surface area contributed by atoms with Crippen LogP contribution in [0.5, 0.6) is 5.88 Å². The molecule has 0 bridgehead atoms. The van der Waals surface area contributed by atoms with E-state index in [1.165, 1.54) is 25.1 Å². The van der Waals surface area contributed by atoms with E-state index in [-0.39, 0.29) is 22.5 Å². The molecular weight excluding hydrogens is 351 g/mol. The van der Waals surface area contributed by atoms with Gasteiger partial charge in [0.25, 0.3) is 5.56 Å². The molecule has 0 saturated carbocycles. The fraction of sp³-hybridized carbons (Fsp3) is 0.250. The maximum atomic E-state index is 13.5. The van der Waals surface area contributed by atoms with E-state index in [0.29, 0.717) is 16.5 Å². The zero-order chi connectivity index (χ0) is 20.0. The number of aromatic nitrogens is 1. The van der Waals surface area contributed by atoms with Gasteiger partial charge in [-0.3, -0.25) is 14.2 Å². The molecule has 6 nitrogen and oxygen atoms in total. The van der Waals surface area contributed by atoms with Crippen LogP contribution < -0.4 is 5.56 Å². The average Bonchev–Trinajstić information content (AvgIpc) is 2.91. The van der Waals surface area contributed by atoms with E-state index >= 15 is 0 Å². The Labute approximate surface area is 154 Å². The molecule has 1 aromatic carbocycles. The molecule has 2 heterocycles. The molecule has 0 unspecified atom stereocenters. The minimum Gasteiger partial charge on any atom is -0.494 e. The maximum Gasteiger partial charge on any atom is 0.271 e. The molecule has 0 saturated heterocycles.